The third kappa shape index (κ3) is 7.17. The highest BCUT2D eigenvalue weighted by Gasteiger charge is 2.23. The molecule has 3 rings (SSSR count). The number of hydrogen-bond acceptors (Lipinski definition) is 3. The molecule has 0 saturated heterocycles. The average molecular weight is 428 g/mol. The summed E-state index contributed by atoms with van der Waals surface area (Å²) in [5.41, 5.74) is 2.59. The summed E-state index contributed by atoms with van der Waals surface area (Å²) in [6.07, 6.45) is 8.43. The number of anilines is 1. The quantitative estimate of drug-likeness (QED) is 0.474. The third-order valence-corrected chi connectivity index (χ3v) is 5.82. The lowest BCUT2D eigenvalue weighted by Crippen LogP contribution is -2.36. The smallest absolute Gasteiger partial charge is 0.414 e. The number of carbonyl (C=O) groups excluding carboxylic acids is 2. The first-order valence-corrected chi connectivity index (χ1v) is 11.2. The Morgan fingerprint density at radius 3 is 2.13 bits per heavy atom. The highest BCUT2D eigenvalue weighted by atomic mass is 35.5. The van der Waals surface area contributed by atoms with Gasteiger partial charge in [0.2, 0.25) is 5.24 Å². The summed E-state index contributed by atoms with van der Waals surface area (Å²) in [4.78, 5) is 26.0. The lowest BCUT2D eigenvalue weighted by atomic mass is 9.90. The van der Waals surface area contributed by atoms with E-state index in [0.29, 0.717) is 12.5 Å². The second kappa shape index (κ2) is 11.8. The molecular weight excluding hydrogens is 398 g/mol. The Kier molecular flexibility index (Phi) is 8.76. The summed E-state index contributed by atoms with van der Waals surface area (Å²) in [6, 6.07) is 17.2. The normalized spacial score (nSPS) is 15.1. The first-order chi connectivity index (χ1) is 14.6. The van der Waals surface area contributed by atoms with Gasteiger partial charge in [0.05, 0.1) is 0 Å². The highest BCUT2D eigenvalue weighted by molar-refractivity contribution is 6.63. The molecule has 160 valence electrons. The molecule has 1 fully saturated rings. The fraction of sp³-hybridized carbons (Fsp3) is 0.440. The SMILES string of the molecule is O=C(Cl)Cc1ccc(N(CC2CCCCCCC2)C(=O)OCc2ccccc2)cc1. The minimum Gasteiger partial charge on any atom is -0.444 e. The van der Waals surface area contributed by atoms with E-state index < -0.39 is 5.24 Å². The summed E-state index contributed by atoms with van der Waals surface area (Å²) >= 11 is 5.50. The topological polar surface area (TPSA) is 46.6 Å². The summed E-state index contributed by atoms with van der Waals surface area (Å²) in [7, 11) is 0. The Morgan fingerprint density at radius 2 is 1.50 bits per heavy atom. The standard InChI is InChI=1S/C25H30ClNO3/c26-24(28)17-20-13-15-23(16-14-20)27(18-21-9-5-2-1-3-6-10-21)25(29)30-19-22-11-7-4-8-12-22/h4,7-8,11-16,21H,1-3,5-6,9-10,17-19H2. The zero-order chi connectivity index (χ0) is 21.2. The third-order valence-electron chi connectivity index (χ3n) is 5.68. The van der Waals surface area contributed by atoms with Crippen LogP contribution >= 0.6 is 11.6 Å². The van der Waals surface area contributed by atoms with Gasteiger partial charge in [0.15, 0.2) is 0 Å². The average Bonchev–Trinajstić information content (AvgIpc) is 2.72. The van der Waals surface area contributed by atoms with Crippen molar-refractivity contribution in [1.82, 2.24) is 0 Å². The summed E-state index contributed by atoms with van der Waals surface area (Å²) < 4.78 is 5.65. The van der Waals surface area contributed by atoms with E-state index in [1.54, 1.807) is 4.90 Å². The van der Waals surface area contributed by atoms with E-state index in [4.69, 9.17) is 16.3 Å². The van der Waals surface area contributed by atoms with Crippen LogP contribution in [0.2, 0.25) is 0 Å². The van der Waals surface area contributed by atoms with Gasteiger partial charge in [0.25, 0.3) is 0 Å². The Morgan fingerprint density at radius 1 is 0.867 bits per heavy atom. The molecule has 2 aromatic rings. The fourth-order valence-corrected chi connectivity index (χ4v) is 4.17. The van der Waals surface area contributed by atoms with Crippen LogP contribution in [0.25, 0.3) is 0 Å². The Balaban J connectivity index is 1.72. The molecule has 0 N–H and O–H groups in total. The maximum atomic E-state index is 13.0. The van der Waals surface area contributed by atoms with Crippen LogP contribution < -0.4 is 4.90 Å². The van der Waals surface area contributed by atoms with Crippen molar-refractivity contribution >= 4 is 28.6 Å². The molecule has 0 aliphatic heterocycles. The van der Waals surface area contributed by atoms with Gasteiger partial charge >= 0.3 is 6.09 Å². The van der Waals surface area contributed by atoms with E-state index >= 15 is 0 Å². The first kappa shape index (κ1) is 22.4. The van der Waals surface area contributed by atoms with Crippen molar-refractivity contribution in [2.75, 3.05) is 11.4 Å². The van der Waals surface area contributed by atoms with Gasteiger partial charge in [0.1, 0.15) is 6.61 Å². The highest BCUT2D eigenvalue weighted by Crippen LogP contribution is 2.26. The van der Waals surface area contributed by atoms with Crippen LogP contribution in [-0.2, 0) is 22.6 Å². The van der Waals surface area contributed by atoms with Crippen molar-refractivity contribution in [3.05, 3.63) is 65.7 Å². The Bertz CT molecular complexity index is 799. The van der Waals surface area contributed by atoms with Crippen LogP contribution in [0.15, 0.2) is 54.6 Å². The van der Waals surface area contributed by atoms with E-state index in [1.165, 1.54) is 32.1 Å². The monoisotopic (exact) mass is 427 g/mol. The number of carbonyl (C=O) groups is 2. The first-order valence-electron chi connectivity index (χ1n) is 10.9. The molecule has 1 aliphatic carbocycles. The van der Waals surface area contributed by atoms with Gasteiger partial charge < -0.3 is 4.74 Å². The van der Waals surface area contributed by atoms with Gasteiger partial charge in [-0.1, -0.05) is 74.6 Å². The number of hydrogen-bond donors (Lipinski definition) is 0. The number of ether oxygens (including phenoxy) is 1. The largest absolute Gasteiger partial charge is 0.444 e. The van der Waals surface area contributed by atoms with Crippen LogP contribution in [0.3, 0.4) is 0 Å². The maximum Gasteiger partial charge on any atom is 0.414 e. The van der Waals surface area contributed by atoms with Crippen molar-refractivity contribution in [3.8, 4) is 0 Å². The van der Waals surface area contributed by atoms with E-state index in [1.807, 2.05) is 54.6 Å². The molecule has 30 heavy (non-hydrogen) atoms. The molecule has 0 aromatic heterocycles. The molecule has 1 aliphatic rings. The number of amides is 1. The second-order valence-electron chi connectivity index (χ2n) is 8.06. The summed E-state index contributed by atoms with van der Waals surface area (Å²) in [5.74, 6) is 0.471. The van der Waals surface area contributed by atoms with Gasteiger partial charge in [-0.15, -0.1) is 0 Å². The van der Waals surface area contributed by atoms with E-state index in [-0.39, 0.29) is 19.1 Å². The number of rotatable bonds is 7. The van der Waals surface area contributed by atoms with Crippen LogP contribution in [0.4, 0.5) is 10.5 Å². The minimum absolute atomic E-state index is 0.183. The predicted octanol–water partition coefficient (Wildman–Crippen LogP) is 6.50. The van der Waals surface area contributed by atoms with Crippen LogP contribution in [0.1, 0.15) is 56.1 Å². The van der Waals surface area contributed by atoms with Gasteiger partial charge in [-0.2, -0.15) is 0 Å². The fourth-order valence-electron chi connectivity index (χ4n) is 4.02. The molecule has 0 heterocycles. The van der Waals surface area contributed by atoms with E-state index in [2.05, 4.69) is 0 Å². The lowest BCUT2D eigenvalue weighted by Gasteiger charge is -2.28. The molecule has 0 radical (unpaired) electrons. The number of benzene rings is 2. The van der Waals surface area contributed by atoms with Crippen molar-refractivity contribution in [2.45, 2.75) is 58.0 Å². The molecule has 2 aromatic carbocycles. The molecular formula is C25H30ClNO3. The molecule has 1 amide bonds. The maximum absolute atomic E-state index is 13.0. The second-order valence-corrected chi connectivity index (χ2v) is 8.48. The number of nitrogens with zero attached hydrogens (tertiary/aromatic N) is 1. The Hall–Kier alpha value is -2.33. The van der Waals surface area contributed by atoms with Crippen molar-refractivity contribution < 1.29 is 14.3 Å². The zero-order valence-electron chi connectivity index (χ0n) is 17.4. The van der Waals surface area contributed by atoms with Crippen LogP contribution in [0.5, 0.6) is 0 Å². The number of halogens is 1. The van der Waals surface area contributed by atoms with E-state index in [9.17, 15) is 9.59 Å². The van der Waals surface area contributed by atoms with Crippen molar-refractivity contribution in [2.24, 2.45) is 5.92 Å². The predicted molar refractivity (Wildman–Crippen MR) is 121 cm³/mol. The van der Waals surface area contributed by atoms with Gasteiger partial charge in [-0.05, 0) is 53.6 Å². The Labute approximate surface area is 184 Å². The molecule has 5 heteroatoms. The van der Waals surface area contributed by atoms with E-state index in [0.717, 1.165) is 29.7 Å². The molecule has 0 bridgehead atoms. The molecule has 0 spiro atoms. The molecule has 4 nitrogen and oxygen atoms in total. The lowest BCUT2D eigenvalue weighted by molar-refractivity contribution is -0.111. The summed E-state index contributed by atoms with van der Waals surface area (Å²) in [6.45, 7) is 0.904. The summed E-state index contributed by atoms with van der Waals surface area (Å²) in [5, 5.41) is -0.392. The molecule has 0 unspecified atom stereocenters. The van der Waals surface area contributed by atoms with Crippen molar-refractivity contribution in [3.63, 3.8) is 0 Å². The van der Waals surface area contributed by atoms with Gasteiger partial charge in [-0.3, -0.25) is 9.69 Å². The van der Waals surface area contributed by atoms with Crippen LogP contribution in [0, 0.1) is 5.92 Å². The minimum atomic E-state index is -0.392. The molecule has 1 saturated carbocycles. The van der Waals surface area contributed by atoms with Crippen molar-refractivity contribution in [1.29, 1.82) is 0 Å². The van der Waals surface area contributed by atoms with Gasteiger partial charge in [-0.25, -0.2) is 4.79 Å². The van der Waals surface area contributed by atoms with Gasteiger partial charge in [0, 0.05) is 18.7 Å². The molecule has 0 atom stereocenters. The zero-order valence-corrected chi connectivity index (χ0v) is 18.2. The van der Waals surface area contributed by atoms with Crippen LogP contribution in [-0.4, -0.2) is 17.9 Å².